The molecule has 2 rings (SSSR count). The molecule has 1 aromatic rings. The van der Waals surface area contributed by atoms with Crippen molar-refractivity contribution < 1.29 is 14.7 Å². The number of amides is 1. The van der Waals surface area contributed by atoms with Crippen molar-refractivity contribution in [3.8, 4) is 0 Å². The van der Waals surface area contributed by atoms with Crippen molar-refractivity contribution in [3.63, 3.8) is 0 Å². The fourth-order valence-electron chi connectivity index (χ4n) is 2.18. The molecule has 1 saturated heterocycles. The summed E-state index contributed by atoms with van der Waals surface area (Å²) in [6, 6.07) is 5.60. The van der Waals surface area contributed by atoms with E-state index >= 15 is 0 Å². The van der Waals surface area contributed by atoms with E-state index in [4.69, 9.17) is 11.6 Å². The Morgan fingerprint density at radius 1 is 1.48 bits per heavy atom. The molecule has 1 aromatic carbocycles. The number of carbonyl (C=O) groups excluding carboxylic acids is 1. The quantitative estimate of drug-likeness (QED) is 0.766. The molecule has 3 N–H and O–H groups in total. The third kappa shape index (κ3) is 4.62. The first kappa shape index (κ1) is 16.1. The van der Waals surface area contributed by atoms with E-state index in [1.807, 2.05) is 0 Å². The highest BCUT2D eigenvalue weighted by Crippen LogP contribution is 2.23. The molecule has 7 heteroatoms. The highest BCUT2D eigenvalue weighted by Gasteiger charge is 2.25. The Bertz CT molecular complexity index is 521. The molecule has 0 bridgehead atoms. The van der Waals surface area contributed by atoms with Gasteiger partial charge in [0.05, 0.1) is 0 Å². The Kier molecular flexibility index (Phi) is 5.90. The van der Waals surface area contributed by atoms with Gasteiger partial charge in [0, 0.05) is 41.1 Å². The van der Waals surface area contributed by atoms with Crippen LogP contribution in [-0.2, 0) is 9.59 Å². The molecule has 0 radical (unpaired) electrons. The zero-order valence-electron chi connectivity index (χ0n) is 11.3. The molecule has 0 spiro atoms. The van der Waals surface area contributed by atoms with E-state index in [-0.39, 0.29) is 18.4 Å². The number of nitrogens with one attached hydrogen (secondary N) is 2. The summed E-state index contributed by atoms with van der Waals surface area (Å²) in [6.45, 7) is 0.871. The van der Waals surface area contributed by atoms with E-state index in [1.165, 1.54) is 0 Å². The van der Waals surface area contributed by atoms with Crippen molar-refractivity contribution in [2.24, 2.45) is 0 Å². The Labute approximate surface area is 132 Å². The lowest BCUT2D eigenvalue weighted by Crippen LogP contribution is -2.43. The second-order valence-electron chi connectivity index (χ2n) is 4.79. The first-order valence-electron chi connectivity index (χ1n) is 6.65. The largest absolute Gasteiger partial charge is 0.479 e. The molecule has 1 aliphatic rings. The maximum absolute atomic E-state index is 12.0. The topological polar surface area (TPSA) is 78.4 Å². The molecular weight excluding hydrogens is 312 g/mol. The van der Waals surface area contributed by atoms with Crippen molar-refractivity contribution in [1.82, 2.24) is 10.6 Å². The molecule has 5 nitrogen and oxygen atoms in total. The lowest BCUT2D eigenvalue weighted by Gasteiger charge is -2.23. The summed E-state index contributed by atoms with van der Waals surface area (Å²) in [4.78, 5) is 23.4. The van der Waals surface area contributed by atoms with Crippen molar-refractivity contribution in [1.29, 1.82) is 0 Å². The van der Waals surface area contributed by atoms with Crippen molar-refractivity contribution in [3.05, 3.63) is 34.9 Å². The lowest BCUT2D eigenvalue weighted by atomic mass is 10.1. The molecular formula is C14H17ClN2O3S. The van der Waals surface area contributed by atoms with Crippen molar-refractivity contribution in [2.45, 2.75) is 18.5 Å². The second-order valence-corrected chi connectivity index (χ2v) is 6.35. The fraction of sp³-hybridized carbons (Fsp3) is 0.429. The monoisotopic (exact) mass is 328 g/mol. The zero-order valence-corrected chi connectivity index (χ0v) is 12.9. The van der Waals surface area contributed by atoms with Gasteiger partial charge in [-0.1, -0.05) is 29.8 Å². The van der Waals surface area contributed by atoms with Crippen LogP contribution in [0.3, 0.4) is 0 Å². The van der Waals surface area contributed by atoms with Gasteiger partial charge >= 0.3 is 5.97 Å². The molecule has 1 unspecified atom stereocenters. The third-order valence-electron chi connectivity index (χ3n) is 3.20. The minimum atomic E-state index is -1.12. The SMILES string of the molecule is O=C(CC1CSCCN1)N[C@@H](C(=O)O)c1ccccc1Cl. The van der Waals surface area contributed by atoms with Crippen molar-refractivity contribution >= 4 is 35.2 Å². The molecule has 1 fully saturated rings. The van der Waals surface area contributed by atoms with Gasteiger partial charge in [0.15, 0.2) is 6.04 Å². The van der Waals surface area contributed by atoms with Crippen LogP contribution in [0.15, 0.2) is 24.3 Å². The molecule has 0 saturated carbocycles. The first-order valence-corrected chi connectivity index (χ1v) is 8.19. The van der Waals surface area contributed by atoms with Crippen LogP contribution in [-0.4, -0.2) is 41.1 Å². The smallest absolute Gasteiger partial charge is 0.330 e. The van der Waals surface area contributed by atoms with Gasteiger partial charge in [-0.3, -0.25) is 4.79 Å². The van der Waals surface area contributed by atoms with Gasteiger partial charge in [0.25, 0.3) is 0 Å². The summed E-state index contributed by atoms with van der Waals surface area (Å²) in [6.07, 6.45) is 0.265. The number of carbonyl (C=O) groups is 2. The van der Waals surface area contributed by atoms with Gasteiger partial charge in [-0.15, -0.1) is 0 Å². The number of thioether (sulfide) groups is 1. The normalized spacial score (nSPS) is 19.8. The minimum absolute atomic E-state index is 0.0874. The van der Waals surface area contributed by atoms with Crippen LogP contribution in [0.2, 0.25) is 5.02 Å². The maximum atomic E-state index is 12.0. The van der Waals surface area contributed by atoms with Crippen LogP contribution in [0.4, 0.5) is 0 Å². The molecule has 0 aliphatic carbocycles. The second kappa shape index (κ2) is 7.68. The van der Waals surface area contributed by atoms with E-state index in [0.29, 0.717) is 10.6 Å². The Morgan fingerprint density at radius 3 is 2.86 bits per heavy atom. The van der Waals surface area contributed by atoms with E-state index in [2.05, 4.69) is 10.6 Å². The van der Waals surface area contributed by atoms with E-state index in [9.17, 15) is 14.7 Å². The summed E-state index contributed by atoms with van der Waals surface area (Å²) < 4.78 is 0. The number of benzene rings is 1. The van der Waals surface area contributed by atoms with Crippen LogP contribution < -0.4 is 10.6 Å². The molecule has 1 heterocycles. The number of carboxylic acids is 1. The van der Waals surface area contributed by atoms with Crippen LogP contribution >= 0.6 is 23.4 Å². The maximum Gasteiger partial charge on any atom is 0.330 e. The average molecular weight is 329 g/mol. The number of carboxylic acid groups (broad SMARTS) is 1. The zero-order chi connectivity index (χ0) is 15.2. The summed E-state index contributed by atoms with van der Waals surface area (Å²) in [5, 5.41) is 15.4. The van der Waals surface area contributed by atoms with Crippen LogP contribution in [0.1, 0.15) is 18.0 Å². The summed E-state index contributed by atoms with van der Waals surface area (Å²) in [5.74, 6) is 0.483. The molecule has 114 valence electrons. The summed E-state index contributed by atoms with van der Waals surface area (Å²) >= 11 is 7.80. The Hall–Kier alpha value is -1.24. The number of aliphatic carboxylic acids is 1. The standard InChI is InChI=1S/C14H17ClN2O3S/c15-11-4-2-1-3-10(11)13(14(19)20)17-12(18)7-9-8-21-6-5-16-9/h1-4,9,13,16H,5-8H2,(H,17,18)(H,19,20)/t9?,13-/m1/s1. The minimum Gasteiger partial charge on any atom is -0.479 e. The highest BCUT2D eigenvalue weighted by molar-refractivity contribution is 7.99. The summed E-state index contributed by atoms with van der Waals surface area (Å²) in [7, 11) is 0. The fourth-order valence-corrected chi connectivity index (χ4v) is 3.37. The van der Waals surface area contributed by atoms with E-state index in [1.54, 1.807) is 36.0 Å². The summed E-state index contributed by atoms with van der Waals surface area (Å²) in [5.41, 5.74) is 0.394. The van der Waals surface area contributed by atoms with Gasteiger partial charge < -0.3 is 15.7 Å². The van der Waals surface area contributed by atoms with Gasteiger partial charge in [-0.05, 0) is 6.07 Å². The van der Waals surface area contributed by atoms with Crippen molar-refractivity contribution in [2.75, 3.05) is 18.1 Å². The molecule has 0 aromatic heterocycles. The number of rotatable bonds is 5. The number of hydrogen-bond donors (Lipinski definition) is 3. The number of hydrogen-bond acceptors (Lipinski definition) is 4. The van der Waals surface area contributed by atoms with Gasteiger partial charge in [-0.25, -0.2) is 4.79 Å². The van der Waals surface area contributed by atoms with E-state index in [0.717, 1.165) is 18.1 Å². The lowest BCUT2D eigenvalue weighted by molar-refractivity contribution is -0.142. The first-order chi connectivity index (χ1) is 10.1. The van der Waals surface area contributed by atoms with Crippen LogP contribution in [0.25, 0.3) is 0 Å². The Balaban J connectivity index is 2.01. The van der Waals surface area contributed by atoms with Gasteiger partial charge in [0.2, 0.25) is 5.91 Å². The molecule has 21 heavy (non-hydrogen) atoms. The molecule has 2 atom stereocenters. The van der Waals surface area contributed by atoms with Gasteiger partial charge in [-0.2, -0.15) is 11.8 Å². The van der Waals surface area contributed by atoms with Gasteiger partial charge in [0.1, 0.15) is 0 Å². The predicted octanol–water partition coefficient (Wildman–Crippen LogP) is 1.68. The third-order valence-corrected chi connectivity index (χ3v) is 4.67. The highest BCUT2D eigenvalue weighted by atomic mass is 35.5. The number of halogens is 1. The van der Waals surface area contributed by atoms with Crippen LogP contribution in [0, 0.1) is 0 Å². The molecule has 1 amide bonds. The average Bonchev–Trinajstić information content (AvgIpc) is 2.46. The predicted molar refractivity (Wildman–Crippen MR) is 83.7 cm³/mol. The van der Waals surface area contributed by atoms with E-state index < -0.39 is 12.0 Å². The Morgan fingerprint density at radius 2 is 2.24 bits per heavy atom. The molecule has 1 aliphatic heterocycles. The van der Waals surface area contributed by atoms with Crippen LogP contribution in [0.5, 0.6) is 0 Å².